The first-order valence-electron chi connectivity index (χ1n) is 7.68. The van der Waals surface area contributed by atoms with Crippen LogP contribution in [-0.2, 0) is 11.0 Å². The predicted molar refractivity (Wildman–Crippen MR) is 79.4 cm³/mol. The lowest BCUT2D eigenvalue weighted by molar-refractivity contribution is -0.192. The van der Waals surface area contributed by atoms with Crippen molar-refractivity contribution in [2.24, 2.45) is 11.7 Å². The highest BCUT2D eigenvalue weighted by molar-refractivity contribution is 5.73. The van der Waals surface area contributed by atoms with Gasteiger partial charge in [-0.1, -0.05) is 12.5 Å². The molecule has 147 valence electrons. The molecule has 1 saturated carbocycles. The van der Waals surface area contributed by atoms with Crippen LogP contribution in [-0.4, -0.2) is 29.9 Å². The summed E-state index contributed by atoms with van der Waals surface area (Å²) in [5.41, 5.74) is 5.20. The first-order chi connectivity index (χ1) is 11.9. The fraction of sp³-hybridized carbons (Fsp3) is 0.562. The van der Waals surface area contributed by atoms with Crippen LogP contribution in [0.15, 0.2) is 18.2 Å². The van der Waals surface area contributed by atoms with E-state index in [1.54, 1.807) is 0 Å². The third-order valence-electron chi connectivity index (χ3n) is 3.84. The number of hydrogen-bond donors (Lipinski definition) is 2. The van der Waals surface area contributed by atoms with E-state index >= 15 is 0 Å². The Kier molecular flexibility index (Phi) is 7.73. The van der Waals surface area contributed by atoms with E-state index in [-0.39, 0.29) is 18.4 Å². The highest BCUT2D eigenvalue weighted by Crippen LogP contribution is 2.36. The number of rotatable bonds is 5. The number of halogens is 6. The van der Waals surface area contributed by atoms with Gasteiger partial charge in [0.1, 0.15) is 5.75 Å². The van der Waals surface area contributed by atoms with Gasteiger partial charge in [-0.25, -0.2) is 4.79 Å². The Hall–Kier alpha value is -1.97. The molecule has 0 spiro atoms. The van der Waals surface area contributed by atoms with Crippen molar-refractivity contribution in [2.45, 2.75) is 44.1 Å². The molecule has 1 aromatic rings. The average molecular weight is 386 g/mol. The zero-order chi connectivity index (χ0) is 20.0. The van der Waals surface area contributed by atoms with Crippen LogP contribution in [0.25, 0.3) is 0 Å². The van der Waals surface area contributed by atoms with Crippen LogP contribution in [0, 0.1) is 12.0 Å². The molecule has 10 heteroatoms. The molecular formula is C16H18F6NO3. The SMILES string of the molecule is NC(CCOc1c[c]ccc1C(F)(F)F)C1CCC1.O=C(O)C(F)(F)F. The van der Waals surface area contributed by atoms with Gasteiger partial charge in [-0.05, 0) is 43.4 Å². The van der Waals surface area contributed by atoms with Crippen molar-refractivity contribution in [3.63, 3.8) is 0 Å². The molecule has 1 aromatic carbocycles. The van der Waals surface area contributed by atoms with E-state index in [4.69, 9.17) is 20.4 Å². The van der Waals surface area contributed by atoms with Gasteiger partial charge in [-0.15, -0.1) is 0 Å². The van der Waals surface area contributed by atoms with E-state index in [1.165, 1.54) is 18.6 Å². The molecule has 1 fully saturated rings. The van der Waals surface area contributed by atoms with Crippen molar-refractivity contribution in [1.29, 1.82) is 0 Å². The number of nitrogens with two attached hydrogens (primary N) is 1. The lowest BCUT2D eigenvalue weighted by atomic mass is 9.79. The Bertz CT molecular complexity index is 584. The van der Waals surface area contributed by atoms with Crippen LogP contribution < -0.4 is 10.5 Å². The second-order valence-electron chi connectivity index (χ2n) is 5.71. The van der Waals surface area contributed by atoms with Crippen LogP contribution in [0.1, 0.15) is 31.2 Å². The fourth-order valence-corrected chi connectivity index (χ4v) is 2.18. The number of alkyl halides is 6. The quantitative estimate of drug-likeness (QED) is 0.750. The lowest BCUT2D eigenvalue weighted by Crippen LogP contribution is -2.35. The van der Waals surface area contributed by atoms with Gasteiger partial charge in [0, 0.05) is 6.04 Å². The van der Waals surface area contributed by atoms with E-state index in [0.29, 0.717) is 12.3 Å². The summed E-state index contributed by atoms with van der Waals surface area (Å²) in [6, 6.07) is 6.05. The Morgan fingerprint density at radius 2 is 1.88 bits per heavy atom. The standard InChI is InChI=1S/C14H17F3NO.C2HF3O2/c15-14(16,17)11-6-1-2-7-13(11)19-9-8-12(18)10-4-3-5-10;3-2(4,5)1(6)7/h1,6-7,10,12H,3-5,8-9,18H2;(H,6,7). The predicted octanol–water partition coefficient (Wildman–Crippen LogP) is 4.04. The number of carbonyl (C=O) groups is 1. The molecule has 0 saturated heterocycles. The molecule has 26 heavy (non-hydrogen) atoms. The summed E-state index contributed by atoms with van der Waals surface area (Å²) in [6.07, 6.45) is -5.47. The van der Waals surface area contributed by atoms with Crippen molar-refractivity contribution < 1.29 is 41.0 Å². The van der Waals surface area contributed by atoms with Crippen LogP contribution in [0.5, 0.6) is 5.75 Å². The highest BCUT2D eigenvalue weighted by atomic mass is 19.4. The monoisotopic (exact) mass is 386 g/mol. The zero-order valence-electron chi connectivity index (χ0n) is 13.5. The third kappa shape index (κ3) is 7.11. The molecule has 0 aromatic heterocycles. The first-order valence-corrected chi connectivity index (χ1v) is 7.68. The molecule has 3 N–H and O–H groups in total. The fourth-order valence-electron chi connectivity index (χ4n) is 2.18. The minimum atomic E-state index is -5.08. The second-order valence-corrected chi connectivity index (χ2v) is 5.71. The molecule has 4 nitrogen and oxygen atoms in total. The van der Waals surface area contributed by atoms with Crippen molar-refractivity contribution in [3.05, 3.63) is 29.8 Å². The van der Waals surface area contributed by atoms with E-state index in [0.717, 1.165) is 18.9 Å². The number of ether oxygens (including phenoxy) is 1. The summed E-state index contributed by atoms with van der Waals surface area (Å²) in [7, 11) is 0. The summed E-state index contributed by atoms with van der Waals surface area (Å²) in [5.74, 6) is -2.42. The van der Waals surface area contributed by atoms with Gasteiger partial charge in [-0.3, -0.25) is 0 Å². The van der Waals surface area contributed by atoms with Gasteiger partial charge in [-0.2, -0.15) is 26.3 Å². The zero-order valence-corrected chi connectivity index (χ0v) is 13.5. The number of hydrogen-bond acceptors (Lipinski definition) is 3. The average Bonchev–Trinajstić information content (AvgIpc) is 2.44. The van der Waals surface area contributed by atoms with Gasteiger partial charge in [0.15, 0.2) is 0 Å². The number of benzene rings is 1. The molecule has 1 atom stereocenters. The second kappa shape index (κ2) is 9.11. The third-order valence-corrected chi connectivity index (χ3v) is 3.84. The van der Waals surface area contributed by atoms with Crippen LogP contribution in [0.3, 0.4) is 0 Å². The molecule has 0 heterocycles. The molecule has 0 bridgehead atoms. The Labute approximate surface area is 145 Å². The maximum absolute atomic E-state index is 12.7. The number of carboxylic acids is 1. The van der Waals surface area contributed by atoms with E-state index in [9.17, 15) is 26.3 Å². The van der Waals surface area contributed by atoms with E-state index in [1.807, 2.05) is 0 Å². The molecule has 1 aliphatic carbocycles. The van der Waals surface area contributed by atoms with Crippen LogP contribution >= 0.6 is 0 Å². The molecule has 1 unspecified atom stereocenters. The summed E-state index contributed by atoms with van der Waals surface area (Å²) in [5, 5.41) is 7.12. The van der Waals surface area contributed by atoms with Crippen molar-refractivity contribution in [2.75, 3.05) is 6.61 Å². The van der Waals surface area contributed by atoms with Gasteiger partial charge in [0.05, 0.1) is 12.2 Å². The molecule has 1 aliphatic rings. The lowest BCUT2D eigenvalue weighted by Gasteiger charge is -2.31. The molecule has 1 radical (unpaired) electrons. The first kappa shape index (κ1) is 22.1. The van der Waals surface area contributed by atoms with E-state index < -0.39 is 23.9 Å². The summed E-state index contributed by atoms with van der Waals surface area (Å²) < 4.78 is 75.1. The maximum atomic E-state index is 12.7. The van der Waals surface area contributed by atoms with Crippen molar-refractivity contribution >= 4 is 5.97 Å². The van der Waals surface area contributed by atoms with Gasteiger partial charge in [0.2, 0.25) is 0 Å². The highest BCUT2D eigenvalue weighted by Gasteiger charge is 2.38. The van der Waals surface area contributed by atoms with Gasteiger partial charge >= 0.3 is 18.3 Å². The molecule has 0 amide bonds. The van der Waals surface area contributed by atoms with Crippen LogP contribution in [0.2, 0.25) is 0 Å². The van der Waals surface area contributed by atoms with Crippen molar-refractivity contribution in [3.8, 4) is 5.75 Å². The maximum Gasteiger partial charge on any atom is 0.490 e. The number of carboxylic acid groups (broad SMARTS) is 1. The minimum Gasteiger partial charge on any atom is -0.493 e. The molecule has 0 aliphatic heterocycles. The topological polar surface area (TPSA) is 72.5 Å². The smallest absolute Gasteiger partial charge is 0.490 e. The number of aliphatic carboxylic acids is 1. The van der Waals surface area contributed by atoms with E-state index in [2.05, 4.69) is 6.07 Å². The summed E-state index contributed by atoms with van der Waals surface area (Å²) >= 11 is 0. The van der Waals surface area contributed by atoms with Gasteiger partial charge < -0.3 is 15.6 Å². The molecule has 2 rings (SSSR count). The Morgan fingerprint density at radius 3 is 2.31 bits per heavy atom. The summed E-state index contributed by atoms with van der Waals surface area (Å²) in [6.45, 7) is 0.207. The van der Waals surface area contributed by atoms with Crippen LogP contribution in [0.4, 0.5) is 26.3 Å². The Balaban J connectivity index is 0.000000412. The van der Waals surface area contributed by atoms with Gasteiger partial charge in [0.25, 0.3) is 0 Å². The summed E-state index contributed by atoms with van der Waals surface area (Å²) in [4.78, 5) is 8.90. The normalized spacial score (nSPS) is 16.1. The Morgan fingerprint density at radius 1 is 1.31 bits per heavy atom. The largest absolute Gasteiger partial charge is 0.493 e. The minimum absolute atomic E-state index is 0.0239. The van der Waals surface area contributed by atoms with Crippen molar-refractivity contribution in [1.82, 2.24) is 0 Å². The molecular weight excluding hydrogens is 368 g/mol.